The SMILES string of the molecule is C1CC1.Nc1nc2ccc(-c3ccnc4ccccc34)cn2c1C=O. The van der Waals surface area contributed by atoms with Crippen LogP contribution in [0.15, 0.2) is 54.9 Å². The number of nitrogens with zero attached hydrogens (tertiary/aromatic N) is 3. The van der Waals surface area contributed by atoms with E-state index in [1.165, 1.54) is 19.3 Å². The highest BCUT2D eigenvalue weighted by atomic mass is 16.1. The minimum atomic E-state index is 0.242. The number of carbonyl (C=O) groups is 1. The van der Waals surface area contributed by atoms with Crippen LogP contribution in [0, 0.1) is 0 Å². The first-order valence-electron chi connectivity index (χ1n) is 8.35. The number of hydrogen-bond acceptors (Lipinski definition) is 4. The summed E-state index contributed by atoms with van der Waals surface area (Å²) in [6, 6.07) is 13.7. The highest BCUT2D eigenvalue weighted by molar-refractivity contribution is 5.94. The largest absolute Gasteiger partial charge is 0.382 e. The zero-order valence-corrected chi connectivity index (χ0v) is 13.7. The van der Waals surface area contributed by atoms with E-state index in [9.17, 15) is 4.79 Å². The van der Waals surface area contributed by atoms with E-state index in [0.29, 0.717) is 11.3 Å². The Labute approximate surface area is 145 Å². The van der Waals surface area contributed by atoms with Gasteiger partial charge in [0.1, 0.15) is 11.3 Å². The van der Waals surface area contributed by atoms with Crippen LogP contribution in [0.4, 0.5) is 5.82 Å². The van der Waals surface area contributed by atoms with E-state index in [-0.39, 0.29) is 5.82 Å². The average Bonchev–Trinajstić information content (AvgIpc) is 3.49. The van der Waals surface area contributed by atoms with Gasteiger partial charge >= 0.3 is 0 Å². The van der Waals surface area contributed by atoms with Gasteiger partial charge in [0.2, 0.25) is 0 Å². The Balaban J connectivity index is 0.000000474. The third-order valence-corrected chi connectivity index (χ3v) is 4.11. The Morgan fingerprint density at radius 2 is 1.84 bits per heavy atom. The Hall–Kier alpha value is -3.21. The smallest absolute Gasteiger partial charge is 0.170 e. The fourth-order valence-corrected chi connectivity index (χ4v) is 2.71. The van der Waals surface area contributed by atoms with Crippen LogP contribution in [-0.4, -0.2) is 20.7 Å². The van der Waals surface area contributed by atoms with E-state index >= 15 is 0 Å². The highest BCUT2D eigenvalue weighted by Gasteiger charge is 2.11. The van der Waals surface area contributed by atoms with Crippen molar-refractivity contribution in [2.24, 2.45) is 0 Å². The summed E-state index contributed by atoms with van der Waals surface area (Å²) < 4.78 is 1.72. The van der Waals surface area contributed by atoms with Crippen LogP contribution < -0.4 is 5.73 Å². The maximum Gasteiger partial charge on any atom is 0.170 e. The number of carbonyl (C=O) groups excluding carboxylic acids is 1. The summed E-state index contributed by atoms with van der Waals surface area (Å²) in [6.07, 6.45) is 8.89. The van der Waals surface area contributed by atoms with Gasteiger partial charge in [-0.05, 0) is 35.4 Å². The van der Waals surface area contributed by atoms with Crippen molar-refractivity contribution < 1.29 is 4.79 Å². The lowest BCUT2D eigenvalue weighted by molar-refractivity contribution is 0.111. The molecule has 0 bridgehead atoms. The van der Waals surface area contributed by atoms with Crippen LogP contribution in [0.2, 0.25) is 0 Å². The molecule has 25 heavy (non-hydrogen) atoms. The van der Waals surface area contributed by atoms with Gasteiger partial charge in [0.15, 0.2) is 12.1 Å². The molecule has 1 saturated carbocycles. The summed E-state index contributed by atoms with van der Waals surface area (Å²) in [6.45, 7) is 0. The number of nitrogens with two attached hydrogens (primary N) is 1. The fraction of sp³-hybridized carbons (Fsp3) is 0.150. The second-order valence-electron chi connectivity index (χ2n) is 6.08. The second-order valence-corrected chi connectivity index (χ2v) is 6.08. The third kappa shape index (κ3) is 2.96. The van der Waals surface area contributed by atoms with Crippen LogP contribution in [0.3, 0.4) is 0 Å². The van der Waals surface area contributed by atoms with E-state index in [0.717, 1.165) is 28.3 Å². The van der Waals surface area contributed by atoms with E-state index in [2.05, 4.69) is 9.97 Å². The number of rotatable bonds is 2. The number of anilines is 1. The summed E-state index contributed by atoms with van der Waals surface area (Å²) in [5.74, 6) is 0.242. The lowest BCUT2D eigenvalue weighted by Crippen LogP contribution is -1.95. The minimum absolute atomic E-state index is 0.242. The number of hydrogen-bond donors (Lipinski definition) is 1. The van der Waals surface area contributed by atoms with E-state index in [1.54, 1.807) is 10.6 Å². The van der Waals surface area contributed by atoms with E-state index < -0.39 is 0 Å². The lowest BCUT2D eigenvalue weighted by atomic mass is 10.0. The topological polar surface area (TPSA) is 73.3 Å². The molecule has 0 saturated heterocycles. The van der Waals surface area contributed by atoms with Gasteiger partial charge in [0, 0.05) is 17.8 Å². The first-order valence-corrected chi connectivity index (χ1v) is 8.35. The van der Waals surface area contributed by atoms with Crippen molar-refractivity contribution in [1.29, 1.82) is 0 Å². The molecule has 3 heterocycles. The van der Waals surface area contributed by atoms with E-state index in [4.69, 9.17) is 5.73 Å². The predicted molar refractivity (Wildman–Crippen MR) is 99.6 cm³/mol. The molecule has 5 rings (SSSR count). The van der Waals surface area contributed by atoms with Gasteiger partial charge in [-0.25, -0.2) is 4.98 Å². The molecular formula is C20H18N4O. The Morgan fingerprint density at radius 1 is 1.04 bits per heavy atom. The molecule has 1 fully saturated rings. The number of aromatic nitrogens is 3. The molecule has 0 aliphatic heterocycles. The Kier molecular flexibility index (Phi) is 3.90. The molecule has 0 amide bonds. The number of imidazole rings is 1. The average molecular weight is 330 g/mol. The molecule has 4 aromatic rings. The number of fused-ring (bicyclic) bond motifs is 2. The molecule has 124 valence electrons. The maximum absolute atomic E-state index is 11.2. The predicted octanol–water partition coefficient (Wildman–Crippen LogP) is 4.11. The molecule has 1 aliphatic carbocycles. The number of pyridine rings is 2. The highest BCUT2D eigenvalue weighted by Crippen LogP contribution is 2.28. The molecule has 0 radical (unpaired) electrons. The number of nitrogen functional groups attached to an aromatic ring is 1. The van der Waals surface area contributed by atoms with Gasteiger partial charge in [-0.2, -0.15) is 0 Å². The van der Waals surface area contributed by atoms with Crippen molar-refractivity contribution >= 4 is 28.7 Å². The maximum atomic E-state index is 11.2. The molecular weight excluding hydrogens is 312 g/mol. The fourth-order valence-electron chi connectivity index (χ4n) is 2.71. The van der Waals surface area contributed by atoms with Crippen molar-refractivity contribution in [3.05, 3.63) is 60.6 Å². The van der Waals surface area contributed by atoms with Gasteiger partial charge in [-0.3, -0.25) is 14.2 Å². The number of benzene rings is 1. The molecule has 5 nitrogen and oxygen atoms in total. The minimum Gasteiger partial charge on any atom is -0.382 e. The van der Waals surface area contributed by atoms with Crippen LogP contribution in [-0.2, 0) is 0 Å². The first-order chi connectivity index (χ1) is 12.3. The van der Waals surface area contributed by atoms with Gasteiger partial charge in [-0.15, -0.1) is 0 Å². The molecule has 1 aliphatic rings. The summed E-state index contributed by atoms with van der Waals surface area (Å²) in [7, 11) is 0. The van der Waals surface area contributed by atoms with Crippen LogP contribution >= 0.6 is 0 Å². The van der Waals surface area contributed by atoms with Crippen molar-refractivity contribution in [3.63, 3.8) is 0 Å². The first kappa shape index (κ1) is 15.3. The monoisotopic (exact) mass is 330 g/mol. The zero-order chi connectivity index (χ0) is 17.2. The summed E-state index contributed by atoms with van der Waals surface area (Å²) >= 11 is 0. The number of para-hydroxylation sites is 1. The van der Waals surface area contributed by atoms with Crippen LogP contribution in [0.25, 0.3) is 27.7 Å². The van der Waals surface area contributed by atoms with Crippen molar-refractivity contribution in [2.75, 3.05) is 5.73 Å². The molecule has 3 aromatic heterocycles. The van der Waals surface area contributed by atoms with Crippen molar-refractivity contribution in [1.82, 2.24) is 14.4 Å². The van der Waals surface area contributed by atoms with Gasteiger partial charge in [0.25, 0.3) is 0 Å². The van der Waals surface area contributed by atoms with Crippen molar-refractivity contribution in [3.8, 4) is 11.1 Å². The van der Waals surface area contributed by atoms with E-state index in [1.807, 2.05) is 48.7 Å². The summed E-state index contributed by atoms with van der Waals surface area (Å²) in [5, 5.41) is 1.06. The quantitative estimate of drug-likeness (QED) is 0.561. The Morgan fingerprint density at radius 3 is 2.60 bits per heavy atom. The Bertz CT molecular complexity index is 1060. The van der Waals surface area contributed by atoms with Crippen molar-refractivity contribution in [2.45, 2.75) is 19.3 Å². The van der Waals surface area contributed by atoms with Gasteiger partial charge in [0.05, 0.1) is 5.52 Å². The molecule has 2 N–H and O–H groups in total. The molecule has 0 unspecified atom stereocenters. The third-order valence-electron chi connectivity index (χ3n) is 4.11. The summed E-state index contributed by atoms with van der Waals surface area (Å²) in [5.41, 5.74) is 9.76. The van der Waals surface area contributed by atoms with Gasteiger partial charge < -0.3 is 5.73 Å². The second kappa shape index (κ2) is 6.36. The van der Waals surface area contributed by atoms with Crippen LogP contribution in [0.1, 0.15) is 29.8 Å². The number of aldehydes is 1. The zero-order valence-electron chi connectivity index (χ0n) is 13.7. The molecule has 0 atom stereocenters. The lowest BCUT2D eigenvalue weighted by Gasteiger charge is -2.07. The molecule has 0 spiro atoms. The standard InChI is InChI=1S/C17H12N4O.C3H6/c18-17-15(10-22)21-9-11(5-6-16(21)20-17)12-7-8-19-14-4-2-1-3-13(12)14;1-2-3-1/h1-10H,18H2;1-3H2. The normalized spacial score (nSPS) is 12.6. The van der Waals surface area contributed by atoms with Gasteiger partial charge in [-0.1, -0.05) is 37.5 Å². The molecule has 5 heteroatoms. The molecule has 1 aromatic carbocycles. The summed E-state index contributed by atoms with van der Waals surface area (Å²) in [4.78, 5) is 19.8. The van der Waals surface area contributed by atoms with Crippen LogP contribution in [0.5, 0.6) is 0 Å².